The van der Waals surface area contributed by atoms with Crippen LogP contribution in [0, 0.1) is 17.8 Å². The van der Waals surface area contributed by atoms with Crippen LogP contribution in [0.4, 0.5) is 0 Å². The van der Waals surface area contributed by atoms with Crippen molar-refractivity contribution in [2.45, 2.75) is 53.0 Å². The predicted molar refractivity (Wildman–Crippen MR) is 122 cm³/mol. The van der Waals surface area contributed by atoms with E-state index in [1.54, 1.807) is 26.0 Å². The summed E-state index contributed by atoms with van der Waals surface area (Å²) in [6.45, 7) is 10.2. The lowest BCUT2D eigenvalue weighted by molar-refractivity contribution is -0.128. The Labute approximate surface area is 183 Å². The third-order valence-electron chi connectivity index (χ3n) is 5.82. The number of methoxy groups -OCH3 is 2. The fraction of sp³-hybridized carbons (Fsp3) is 0.708. The molecular formula is C24H42N2O4. The summed E-state index contributed by atoms with van der Waals surface area (Å²) in [5.41, 5.74) is 7.75. The van der Waals surface area contributed by atoms with E-state index < -0.39 is 0 Å². The zero-order valence-corrected chi connectivity index (χ0v) is 19.9. The Kier molecular flexibility index (Phi) is 11.8. The van der Waals surface area contributed by atoms with Crippen LogP contribution >= 0.6 is 0 Å². The summed E-state index contributed by atoms with van der Waals surface area (Å²) < 4.78 is 16.5. The number of nitrogens with zero attached hydrogens (tertiary/aromatic N) is 1. The van der Waals surface area contributed by atoms with E-state index in [2.05, 4.69) is 32.9 Å². The van der Waals surface area contributed by atoms with E-state index in [1.807, 2.05) is 13.1 Å². The number of carbonyl (C=O) groups excluding carboxylic acids is 1. The molecule has 0 aliphatic carbocycles. The summed E-state index contributed by atoms with van der Waals surface area (Å²) in [5, 5.41) is 0. The first-order valence-corrected chi connectivity index (χ1v) is 10.9. The first-order chi connectivity index (χ1) is 14.2. The molecule has 6 nitrogen and oxygen atoms in total. The molecule has 0 aliphatic rings. The molecule has 1 aromatic carbocycles. The fourth-order valence-electron chi connectivity index (χ4n) is 3.52. The minimum absolute atomic E-state index is 0.0437. The monoisotopic (exact) mass is 422 g/mol. The molecule has 172 valence electrons. The number of rotatable bonds is 14. The maximum absolute atomic E-state index is 11.5. The summed E-state index contributed by atoms with van der Waals surface area (Å²) in [4.78, 5) is 13.3. The summed E-state index contributed by atoms with van der Waals surface area (Å²) in [6.07, 6.45) is 2.68. The zero-order chi connectivity index (χ0) is 22.7. The molecule has 0 aliphatic heterocycles. The van der Waals surface area contributed by atoms with Gasteiger partial charge in [0.1, 0.15) is 0 Å². The lowest BCUT2D eigenvalue weighted by Crippen LogP contribution is -2.39. The number of carbonyl (C=O) groups is 1. The standard InChI is InChI=1S/C24H42N2O4/c1-17(2)21(15-22(25)18(3)16-26(5)19(4)27)13-20-9-10-23(29-7)24(14-20)30-12-8-11-28-6/h9-10,14,17-18,21-22H,8,11-13,15-16,25H2,1-7H3/t18-,21-,22-/m0/s1. The van der Waals surface area contributed by atoms with Gasteiger partial charge >= 0.3 is 0 Å². The molecule has 1 rings (SSSR count). The Balaban J connectivity index is 2.80. The van der Waals surface area contributed by atoms with Crippen molar-refractivity contribution >= 4 is 5.91 Å². The van der Waals surface area contributed by atoms with Crippen molar-refractivity contribution in [3.63, 3.8) is 0 Å². The first-order valence-electron chi connectivity index (χ1n) is 10.9. The molecule has 0 unspecified atom stereocenters. The van der Waals surface area contributed by atoms with Crippen molar-refractivity contribution in [3.8, 4) is 11.5 Å². The number of benzene rings is 1. The number of hydrogen-bond acceptors (Lipinski definition) is 5. The second kappa shape index (κ2) is 13.5. The maximum atomic E-state index is 11.5. The molecule has 6 heteroatoms. The van der Waals surface area contributed by atoms with Gasteiger partial charge in [-0.05, 0) is 48.3 Å². The van der Waals surface area contributed by atoms with Crippen molar-refractivity contribution in [3.05, 3.63) is 23.8 Å². The van der Waals surface area contributed by atoms with Gasteiger partial charge in [-0.2, -0.15) is 0 Å². The van der Waals surface area contributed by atoms with Crippen LogP contribution in [0.1, 0.15) is 46.1 Å². The molecule has 0 saturated carbocycles. The van der Waals surface area contributed by atoms with E-state index in [0.717, 1.165) is 30.8 Å². The van der Waals surface area contributed by atoms with E-state index >= 15 is 0 Å². The average Bonchev–Trinajstić information content (AvgIpc) is 2.70. The third kappa shape index (κ3) is 8.92. The van der Waals surface area contributed by atoms with Crippen molar-refractivity contribution < 1.29 is 19.0 Å². The van der Waals surface area contributed by atoms with Gasteiger partial charge in [0.25, 0.3) is 0 Å². The molecular weight excluding hydrogens is 380 g/mol. The lowest BCUT2D eigenvalue weighted by atomic mass is 9.81. The van der Waals surface area contributed by atoms with Gasteiger partial charge in [-0.15, -0.1) is 0 Å². The zero-order valence-electron chi connectivity index (χ0n) is 19.9. The van der Waals surface area contributed by atoms with E-state index in [4.69, 9.17) is 19.9 Å². The molecule has 2 N–H and O–H groups in total. The summed E-state index contributed by atoms with van der Waals surface area (Å²) in [7, 11) is 5.18. The molecule has 0 bridgehead atoms. The fourth-order valence-corrected chi connectivity index (χ4v) is 3.52. The van der Waals surface area contributed by atoms with Gasteiger partial charge in [0.15, 0.2) is 11.5 Å². The Morgan fingerprint density at radius 3 is 2.40 bits per heavy atom. The maximum Gasteiger partial charge on any atom is 0.219 e. The number of nitrogens with two attached hydrogens (primary N) is 1. The van der Waals surface area contributed by atoms with Crippen molar-refractivity contribution in [1.82, 2.24) is 4.90 Å². The minimum Gasteiger partial charge on any atom is -0.493 e. The highest BCUT2D eigenvalue weighted by molar-refractivity contribution is 5.72. The SMILES string of the molecule is COCCCOc1cc(C[C@@H](C[C@H](N)[C@@H](C)CN(C)C(C)=O)C(C)C)ccc1OC. The largest absolute Gasteiger partial charge is 0.493 e. The Bertz CT molecular complexity index is 636. The van der Waals surface area contributed by atoms with Crippen LogP contribution in [0.3, 0.4) is 0 Å². The Morgan fingerprint density at radius 1 is 1.13 bits per heavy atom. The summed E-state index contributed by atoms with van der Waals surface area (Å²) in [5.74, 6) is 2.78. The molecule has 0 aromatic heterocycles. The van der Waals surface area contributed by atoms with Crippen LogP contribution in [-0.4, -0.2) is 57.9 Å². The second-order valence-electron chi connectivity index (χ2n) is 8.66. The van der Waals surface area contributed by atoms with Crippen molar-refractivity contribution in [1.29, 1.82) is 0 Å². The van der Waals surface area contributed by atoms with Gasteiger partial charge in [0.05, 0.1) is 13.7 Å². The highest BCUT2D eigenvalue weighted by atomic mass is 16.5. The lowest BCUT2D eigenvalue weighted by Gasteiger charge is -2.30. The van der Waals surface area contributed by atoms with Crippen LogP contribution in [-0.2, 0) is 16.0 Å². The summed E-state index contributed by atoms with van der Waals surface area (Å²) in [6, 6.07) is 6.21. The van der Waals surface area contributed by atoms with Gasteiger partial charge in [-0.3, -0.25) is 4.79 Å². The topological polar surface area (TPSA) is 74.0 Å². The Hall–Kier alpha value is -1.79. The summed E-state index contributed by atoms with van der Waals surface area (Å²) >= 11 is 0. The second-order valence-corrected chi connectivity index (χ2v) is 8.66. The van der Waals surface area contributed by atoms with Crippen LogP contribution in [0.5, 0.6) is 11.5 Å². The van der Waals surface area contributed by atoms with Crippen LogP contribution in [0.25, 0.3) is 0 Å². The van der Waals surface area contributed by atoms with E-state index in [9.17, 15) is 4.79 Å². The van der Waals surface area contributed by atoms with Gasteiger partial charge in [0, 0.05) is 46.7 Å². The molecule has 3 atom stereocenters. The van der Waals surface area contributed by atoms with E-state index in [1.165, 1.54) is 5.56 Å². The molecule has 0 saturated heterocycles. The average molecular weight is 423 g/mol. The van der Waals surface area contributed by atoms with Gasteiger partial charge < -0.3 is 24.8 Å². The van der Waals surface area contributed by atoms with Crippen LogP contribution in [0.2, 0.25) is 0 Å². The normalized spacial score (nSPS) is 14.3. The molecule has 0 radical (unpaired) electrons. The van der Waals surface area contributed by atoms with Crippen molar-refractivity contribution in [2.75, 3.05) is 41.0 Å². The van der Waals surface area contributed by atoms with Gasteiger partial charge in [0.2, 0.25) is 5.91 Å². The quantitative estimate of drug-likeness (QED) is 0.462. The van der Waals surface area contributed by atoms with Crippen LogP contribution < -0.4 is 15.2 Å². The smallest absolute Gasteiger partial charge is 0.219 e. The first kappa shape index (κ1) is 26.2. The molecule has 30 heavy (non-hydrogen) atoms. The van der Waals surface area contributed by atoms with E-state index in [0.29, 0.717) is 31.6 Å². The number of hydrogen-bond donors (Lipinski definition) is 1. The van der Waals surface area contributed by atoms with Gasteiger partial charge in [-0.1, -0.05) is 26.8 Å². The van der Waals surface area contributed by atoms with Crippen LogP contribution in [0.15, 0.2) is 18.2 Å². The molecule has 0 fully saturated rings. The highest BCUT2D eigenvalue weighted by Gasteiger charge is 2.23. The molecule has 0 spiro atoms. The van der Waals surface area contributed by atoms with E-state index in [-0.39, 0.29) is 17.9 Å². The third-order valence-corrected chi connectivity index (χ3v) is 5.82. The minimum atomic E-state index is 0.0437. The number of amides is 1. The predicted octanol–water partition coefficient (Wildman–Crippen LogP) is 3.76. The molecule has 1 aromatic rings. The molecule has 0 heterocycles. The number of ether oxygens (including phenoxy) is 3. The molecule has 1 amide bonds. The highest BCUT2D eigenvalue weighted by Crippen LogP contribution is 2.31. The van der Waals surface area contributed by atoms with Gasteiger partial charge in [-0.25, -0.2) is 0 Å². The van der Waals surface area contributed by atoms with Crippen molar-refractivity contribution in [2.24, 2.45) is 23.5 Å². The Morgan fingerprint density at radius 2 is 1.83 bits per heavy atom.